The molecule has 2 heterocycles. The van der Waals surface area contributed by atoms with Crippen molar-refractivity contribution in [2.75, 3.05) is 23.3 Å². The van der Waals surface area contributed by atoms with Gasteiger partial charge in [-0.3, -0.25) is 0 Å². The molecule has 1 aliphatic heterocycles. The van der Waals surface area contributed by atoms with Crippen LogP contribution in [0.2, 0.25) is 0 Å². The zero-order valence-electron chi connectivity index (χ0n) is 19.4. The molecule has 1 unspecified atom stereocenters. The zero-order valence-corrected chi connectivity index (χ0v) is 19.4. The molecule has 0 radical (unpaired) electrons. The number of halogens is 3. The highest BCUT2D eigenvalue weighted by atomic mass is 19.4. The predicted octanol–water partition coefficient (Wildman–Crippen LogP) is 5.43. The van der Waals surface area contributed by atoms with Crippen LogP contribution in [0.3, 0.4) is 0 Å². The highest BCUT2D eigenvalue weighted by Gasteiger charge is 2.30. The molecule has 1 atom stereocenters. The van der Waals surface area contributed by atoms with E-state index in [-0.39, 0.29) is 6.04 Å². The van der Waals surface area contributed by atoms with Gasteiger partial charge in [0.25, 0.3) is 0 Å². The second-order valence-electron chi connectivity index (χ2n) is 8.62. The van der Waals surface area contributed by atoms with Crippen molar-refractivity contribution >= 4 is 17.5 Å². The van der Waals surface area contributed by atoms with Crippen LogP contribution in [0.4, 0.5) is 30.6 Å². The molecule has 4 rings (SSSR count). The topological polar surface area (TPSA) is 76.9 Å². The third-order valence-electron chi connectivity index (χ3n) is 5.91. The van der Waals surface area contributed by atoms with Gasteiger partial charge in [0, 0.05) is 43.1 Å². The van der Waals surface area contributed by atoms with E-state index in [4.69, 9.17) is 10.2 Å². The maximum absolute atomic E-state index is 12.8. The van der Waals surface area contributed by atoms with E-state index in [1.54, 1.807) is 12.1 Å². The van der Waals surface area contributed by atoms with Gasteiger partial charge in [-0.05, 0) is 48.7 Å². The molecule has 182 valence electrons. The van der Waals surface area contributed by atoms with Crippen molar-refractivity contribution in [1.82, 2.24) is 15.3 Å². The molecule has 0 amide bonds. The fraction of sp³-hybridized carbons (Fsp3) is 0.346. The first kappa shape index (κ1) is 24.5. The lowest BCUT2D eigenvalue weighted by Gasteiger charge is -2.20. The van der Waals surface area contributed by atoms with Crippen LogP contribution in [0.5, 0.6) is 0 Å². The average molecular weight is 481 g/mol. The number of nitrogens with one attached hydrogen (secondary N) is 2. The number of nitrogens with zero attached hydrogens (tertiary/aromatic N) is 4. The molecule has 1 fully saturated rings. The molecule has 2 aromatic carbocycles. The van der Waals surface area contributed by atoms with Crippen LogP contribution in [-0.4, -0.2) is 29.1 Å². The summed E-state index contributed by atoms with van der Waals surface area (Å²) in [4.78, 5) is 11.6. The van der Waals surface area contributed by atoms with Gasteiger partial charge in [-0.15, -0.1) is 0 Å². The molecule has 0 bridgehead atoms. The van der Waals surface area contributed by atoms with Gasteiger partial charge < -0.3 is 15.5 Å². The van der Waals surface area contributed by atoms with E-state index in [1.807, 2.05) is 18.2 Å². The number of benzene rings is 2. The Hall–Kier alpha value is -3.64. The van der Waals surface area contributed by atoms with E-state index in [0.29, 0.717) is 18.1 Å². The maximum Gasteiger partial charge on any atom is 0.416 e. The molecule has 9 heteroatoms. The van der Waals surface area contributed by atoms with Crippen molar-refractivity contribution in [2.45, 2.75) is 44.9 Å². The van der Waals surface area contributed by atoms with Crippen LogP contribution in [0.25, 0.3) is 0 Å². The Balaban J connectivity index is 1.41. The summed E-state index contributed by atoms with van der Waals surface area (Å²) >= 11 is 0. The van der Waals surface area contributed by atoms with Gasteiger partial charge in [-0.2, -0.15) is 23.4 Å². The molecular formula is C26H27F3N6. The third kappa shape index (κ3) is 6.49. The molecule has 2 N–H and O–H groups in total. The van der Waals surface area contributed by atoms with E-state index >= 15 is 0 Å². The Bertz CT molecular complexity index is 1190. The molecule has 1 aliphatic rings. The molecular weight excluding hydrogens is 453 g/mol. The fourth-order valence-corrected chi connectivity index (χ4v) is 4.09. The van der Waals surface area contributed by atoms with Gasteiger partial charge in [0.15, 0.2) is 0 Å². The largest absolute Gasteiger partial charge is 0.416 e. The number of hydrogen-bond acceptors (Lipinski definition) is 6. The summed E-state index contributed by atoms with van der Waals surface area (Å²) in [5.74, 6) is 1.32. The zero-order chi connectivity index (χ0) is 24.8. The lowest BCUT2D eigenvalue weighted by atomic mass is 10.1. The van der Waals surface area contributed by atoms with Crippen LogP contribution in [-0.2, 0) is 19.1 Å². The van der Waals surface area contributed by atoms with Gasteiger partial charge in [-0.25, -0.2) is 4.98 Å². The van der Waals surface area contributed by atoms with Crippen LogP contribution in [0.1, 0.15) is 42.1 Å². The molecule has 3 aromatic rings. The van der Waals surface area contributed by atoms with Gasteiger partial charge in [0.05, 0.1) is 17.2 Å². The summed E-state index contributed by atoms with van der Waals surface area (Å²) in [6.07, 6.45) is -1.64. The fourth-order valence-electron chi connectivity index (χ4n) is 4.09. The number of nitriles is 1. The van der Waals surface area contributed by atoms with E-state index in [0.717, 1.165) is 67.2 Å². The summed E-state index contributed by atoms with van der Waals surface area (Å²) in [7, 11) is 0. The van der Waals surface area contributed by atoms with Gasteiger partial charge in [-0.1, -0.05) is 31.5 Å². The highest BCUT2D eigenvalue weighted by Crippen LogP contribution is 2.29. The van der Waals surface area contributed by atoms with E-state index in [9.17, 15) is 13.2 Å². The highest BCUT2D eigenvalue weighted by molar-refractivity contribution is 5.58. The van der Waals surface area contributed by atoms with Crippen LogP contribution < -0.4 is 15.5 Å². The maximum atomic E-state index is 12.8. The van der Waals surface area contributed by atoms with Crippen molar-refractivity contribution in [1.29, 1.82) is 5.26 Å². The second-order valence-corrected chi connectivity index (χ2v) is 8.62. The number of hydrogen-bond donors (Lipinski definition) is 2. The van der Waals surface area contributed by atoms with Crippen molar-refractivity contribution in [3.8, 4) is 6.07 Å². The number of aromatic nitrogens is 2. The molecule has 1 aromatic heterocycles. The lowest BCUT2D eigenvalue weighted by molar-refractivity contribution is -0.137. The molecule has 1 saturated heterocycles. The average Bonchev–Trinajstić information content (AvgIpc) is 3.32. The second kappa shape index (κ2) is 10.7. The monoisotopic (exact) mass is 480 g/mol. The van der Waals surface area contributed by atoms with Crippen LogP contribution in [0, 0.1) is 11.3 Å². The van der Waals surface area contributed by atoms with Crippen LogP contribution in [0.15, 0.2) is 54.6 Å². The summed E-state index contributed by atoms with van der Waals surface area (Å²) in [5, 5.41) is 15.8. The van der Waals surface area contributed by atoms with Crippen molar-refractivity contribution in [2.24, 2.45) is 0 Å². The Labute approximate surface area is 202 Å². The Kier molecular flexibility index (Phi) is 7.51. The molecule has 0 spiro atoms. The first-order chi connectivity index (χ1) is 16.8. The normalized spacial score (nSPS) is 15.7. The Morgan fingerprint density at radius 3 is 2.63 bits per heavy atom. The van der Waals surface area contributed by atoms with E-state index < -0.39 is 11.7 Å². The van der Waals surface area contributed by atoms with Crippen molar-refractivity contribution in [3.05, 3.63) is 77.0 Å². The van der Waals surface area contributed by atoms with E-state index in [2.05, 4.69) is 33.5 Å². The Morgan fingerprint density at radius 2 is 1.91 bits per heavy atom. The SMILES string of the molecule is CCCc1cc(N2CCC(NCc3ccc(C(F)(F)F)cc3)C2)nc(Nc2cccc(C#N)c2)n1. The van der Waals surface area contributed by atoms with Crippen molar-refractivity contribution < 1.29 is 13.2 Å². The lowest BCUT2D eigenvalue weighted by Crippen LogP contribution is -2.32. The molecule has 0 saturated carbocycles. The molecule has 0 aliphatic carbocycles. The Morgan fingerprint density at radius 1 is 1.11 bits per heavy atom. The standard InChI is InChI=1S/C26H27F3N6/c1-2-4-21-14-24(34-25(32-21)33-22-6-3-5-19(13-22)15-30)35-12-11-23(17-35)31-16-18-7-9-20(10-8-18)26(27,28)29/h3,5-10,13-14,23,31H,2,4,11-12,16-17H2,1H3,(H,32,33,34). The predicted molar refractivity (Wildman–Crippen MR) is 129 cm³/mol. The summed E-state index contributed by atoms with van der Waals surface area (Å²) in [6, 6.07) is 16.8. The quantitative estimate of drug-likeness (QED) is 0.448. The van der Waals surface area contributed by atoms with Crippen LogP contribution >= 0.6 is 0 Å². The summed E-state index contributed by atoms with van der Waals surface area (Å²) < 4.78 is 38.3. The number of anilines is 3. The summed E-state index contributed by atoms with van der Waals surface area (Å²) in [6.45, 7) is 4.16. The number of aryl methyl sites for hydroxylation is 1. The minimum absolute atomic E-state index is 0.200. The van der Waals surface area contributed by atoms with Crippen molar-refractivity contribution in [3.63, 3.8) is 0 Å². The number of alkyl halides is 3. The molecule has 35 heavy (non-hydrogen) atoms. The van der Waals surface area contributed by atoms with E-state index in [1.165, 1.54) is 12.1 Å². The summed E-state index contributed by atoms with van der Waals surface area (Å²) in [5.41, 5.74) is 2.43. The van der Waals surface area contributed by atoms with Gasteiger partial charge in [0.1, 0.15) is 5.82 Å². The minimum Gasteiger partial charge on any atom is -0.355 e. The number of rotatable bonds is 8. The molecule has 6 nitrogen and oxygen atoms in total. The van der Waals surface area contributed by atoms with Gasteiger partial charge in [0.2, 0.25) is 5.95 Å². The first-order valence-corrected chi connectivity index (χ1v) is 11.6. The third-order valence-corrected chi connectivity index (χ3v) is 5.91. The smallest absolute Gasteiger partial charge is 0.355 e. The minimum atomic E-state index is -4.32. The first-order valence-electron chi connectivity index (χ1n) is 11.6. The van der Waals surface area contributed by atoms with Gasteiger partial charge >= 0.3 is 6.18 Å².